The van der Waals surface area contributed by atoms with Crippen molar-refractivity contribution < 1.29 is 8.42 Å². The minimum atomic E-state index is -3.69. The molecule has 0 aliphatic carbocycles. The van der Waals surface area contributed by atoms with Gasteiger partial charge < -0.3 is 0 Å². The molecule has 0 radical (unpaired) electrons. The number of anilines is 1. The van der Waals surface area contributed by atoms with Gasteiger partial charge in [-0.3, -0.25) is 4.31 Å². The van der Waals surface area contributed by atoms with E-state index in [0.29, 0.717) is 15.7 Å². The third-order valence-corrected chi connectivity index (χ3v) is 5.08. The zero-order valence-electron chi connectivity index (χ0n) is 10.6. The van der Waals surface area contributed by atoms with E-state index in [1.165, 1.54) is 19.2 Å². The van der Waals surface area contributed by atoms with Gasteiger partial charge in [0, 0.05) is 11.5 Å². The predicted molar refractivity (Wildman–Crippen MR) is 80.9 cm³/mol. The van der Waals surface area contributed by atoms with E-state index in [4.69, 9.17) is 5.26 Å². The second-order valence-corrected chi connectivity index (χ2v) is 6.94. The molecule has 20 heavy (non-hydrogen) atoms. The van der Waals surface area contributed by atoms with Crippen LogP contribution < -0.4 is 4.31 Å². The maximum atomic E-state index is 12.5. The van der Waals surface area contributed by atoms with Crippen molar-refractivity contribution in [1.29, 1.82) is 5.26 Å². The van der Waals surface area contributed by atoms with E-state index in [9.17, 15) is 8.42 Å². The first-order valence-corrected chi connectivity index (χ1v) is 7.94. The van der Waals surface area contributed by atoms with Gasteiger partial charge in [0.15, 0.2) is 0 Å². The van der Waals surface area contributed by atoms with E-state index in [2.05, 4.69) is 15.9 Å². The highest BCUT2D eigenvalue weighted by Gasteiger charge is 2.23. The molecule has 0 unspecified atom stereocenters. The normalized spacial score (nSPS) is 10.8. The molecule has 0 heterocycles. The van der Waals surface area contributed by atoms with Crippen LogP contribution in [-0.4, -0.2) is 15.5 Å². The molecule has 0 amide bonds. The van der Waals surface area contributed by atoms with Gasteiger partial charge in [-0.1, -0.05) is 34.1 Å². The number of nitrogens with zero attached hydrogens (tertiary/aromatic N) is 2. The van der Waals surface area contributed by atoms with Crippen LogP contribution in [0, 0.1) is 11.3 Å². The van der Waals surface area contributed by atoms with Crippen molar-refractivity contribution in [3.8, 4) is 6.07 Å². The van der Waals surface area contributed by atoms with Crippen LogP contribution in [0.4, 0.5) is 5.69 Å². The lowest BCUT2D eigenvalue weighted by Gasteiger charge is -2.20. The average Bonchev–Trinajstić information content (AvgIpc) is 2.46. The summed E-state index contributed by atoms with van der Waals surface area (Å²) in [5, 5.41) is 9.07. The summed E-state index contributed by atoms with van der Waals surface area (Å²) in [6.45, 7) is 0. The first-order valence-electron chi connectivity index (χ1n) is 5.70. The van der Waals surface area contributed by atoms with E-state index in [-0.39, 0.29) is 4.90 Å². The highest BCUT2D eigenvalue weighted by atomic mass is 79.9. The van der Waals surface area contributed by atoms with Crippen molar-refractivity contribution in [3.05, 3.63) is 58.6 Å². The van der Waals surface area contributed by atoms with Crippen LogP contribution in [-0.2, 0) is 10.0 Å². The van der Waals surface area contributed by atoms with Crippen molar-refractivity contribution in [2.75, 3.05) is 11.4 Å². The highest BCUT2D eigenvalue weighted by molar-refractivity contribution is 9.10. The lowest BCUT2D eigenvalue weighted by Crippen LogP contribution is -2.27. The van der Waals surface area contributed by atoms with Gasteiger partial charge in [0.05, 0.1) is 16.1 Å². The van der Waals surface area contributed by atoms with Crippen molar-refractivity contribution >= 4 is 31.6 Å². The SMILES string of the molecule is CN(c1ccccc1C#N)S(=O)(=O)c1cccc(Br)c1. The first-order chi connectivity index (χ1) is 9.46. The van der Waals surface area contributed by atoms with Crippen LogP contribution in [0.2, 0.25) is 0 Å². The van der Waals surface area contributed by atoms with Gasteiger partial charge in [-0.2, -0.15) is 5.26 Å². The Balaban J connectivity index is 2.52. The summed E-state index contributed by atoms with van der Waals surface area (Å²) in [5.74, 6) is 0. The van der Waals surface area contributed by atoms with Crippen molar-refractivity contribution in [3.63, 3.8) is 0 Å². The summed E-state index contributed by atoms with van der Waals surface area (Å²) in [5.41, 5.74) is 0.670. The van der Waals surface area contributed by atoms with Gasteiger partial charge in [-0.25, -0.2) is 8.42 Å². The number of halogens is 1. The second kappa shape index (κ2) is 5.65. The predicted octanol–water partition coefficient (Wildman–Crippen LogP) is 3.15. The number of para-hydroxylation sites is 1. The zero-order valence-corrected chi connectivity index (χ0v) is 13.0. The van der Waals surface area contributed by atoms with Gasteiger partial charge in [-0.05, 0) is 30.3 Å². The Morgan fingerprint density at radius 1 is 1.15 bits per heavy atom. The fourth-order valence-electron chi connectivity index (χ4n) is 1.76. The van der Waals surface area contributed by atoms with Crippen molar-refractivity contribution in [2.24, 2.45) is 0 Å². The minimum absolute atomic E-state index is 0.169. The van der Waals surface area contributed by atoms with Gasteiger partial charge in [-0.15, -0.1) is 0 Å². The maximum absolute atomic E-state index is 12.5. The summed E-state index contributed by atoms with van der Waals surface area (Å²) in [6, 6.07) is 15.0. The lowest BCUT2D eigenvalue weighted by molar-refractivity contribution is 0.594. The average molecular weight is 351 g/mol. The molecule has 2 aromatic carbocycles. The molecule has 102 valence electrons. The Hall–Kier alpha value is -1.84. The molecule has 0 saturated heterocycles. The summed E-state index contributed by atoms with van der Waals surface area (Å²) >= 11 is 3.25. The monoisotopic (exact) mass is 350 g/mol. The molecule has 2 rings (SSSR count). The number of hydrogen-bond acceptors (Lipinski definition) is 3. The standard InChI is InChI=1S/C14H11BrN2O2S/c1-17(14-8-3-2-5-11(14)10-16)20(18,19)13-7-4-6-12(15)9-13/h2-9H,1H3. The highest BCUT2D eigenvalue weighted by Crippen LogP contribution is 2.26. The Morgan fingerprint density at radius 3 is 2.50 bits per heavy atom. The second-order valence-electron chi connectivity index (χ2n) is 4.06. The van der Waals surface area contributed by atoms with Crippen LogP contribution in [0.25, 0.3) is 0 Å². The quantitative estimate of drug-likeness (QED) is 0.854. The van der Waals surface area contributed by atoms with E-state index in [1.807, 2.05) is 6.07 Å². The van der Waals surface area contributed by atoms with E-state index in [0.717, 1.165) is 4.31 Å². The molecule has 0 atom stereocenters. The van der Waals surface area contributed by atoms with Crippen LogP contribution in [0.1, 0.15) is 5.56 Å². The number of benzene rings is 2. The molecule has 0 spiro atoms. The van der Waals surface area contributed by atoms with Crippen LogP contribution in [0.15, 0.2) is 57.9 Å². The number of hydrogen-bond donors (Lipinski definition) is 0. The molecular formula is C14H11BrN2O2S. The molecule has 0 aliphatic heterocycles. The first kappa shape index (κ1) is 14.6. The Bertz CT molecular complexity index is 782. The summed E-state index contributed by atoms with van der Waals surface area (Å²) < 4.78 is 26.9. The molecule has 0 saturated carbocycles. The maximum Gasteiger partial charge on any atom is 0.264 e. The number of rotatable bonds is 3. The smallest absolute Gasteiger partial charge is 0.264 e. The van der Waals surface area contributed by atoms with Gasteiger partial charge in [0.1, 0.15) is 6.07 Å². The Labute approximate surface area is 126 Å². The van der Waals surface area contributed by atoms with Gasteiger partial charge in [0.2, 0.25) is 0 Å². The molecule has 0 N–H and O–H groups in total. The van der Waals surface area contributed by atoms with Gasteiger partial charge in [0.25, 0.3) is 10.0 Å². The summed E-state index contributed by atoms with van der Waals surface area (Å²) in [7, 11) is -2.26. The molecule has 0 aromatic heterocycles. The molecule has 4 nitrogen and oxygen atoms in total. The van der Waals surface area contributed by atoms with E-state index >= 15 is 0 Å². The fraction of sp³-hybridized carbons (Fsp3) is 0.0714. The topological polar surface area (TPSA) is 61.2 Å². The lowest BCUT2D eigenvalue weighted by atomic mass is 10.2. The Morgan fingerprint density at radius 2 is 1.85 bits per heavy atom. The molecule has 0 fully saturated rings. The molecule has 0 aliphatic rings. The van der Waals surface area contributed by atoms with Crippen LogP contribution in [0.5, 0.6) is 0 Å². The van der Waals surface area contributed by atoms with Crippen molar-refractivity contribution in [2.45, 2.75) is 4.90 Å². The molecular weight excluding hydrogens is 340 g/mol. The third kappa shape index (κ3) is 2.69. The van der Waals surface area contributed by atoms with E-state index in [1.54, 1.807) is 36.4 Å². The van der Waals surface area contributed by atoms with Crippen molar-refractivity contribution in [1.82, 2.24) is 0 Å². The molecule has 2 aromatic rings. The zero-order chi connectivity index (χ0) is 14.8. The minimum Gasteiger partial charge on any atom is -0.268 e. The van der Waals surface area contributed by atoms with Crippen LogP contribution in [0.3, 0.4) is 0 Å². The third-order valence-electron chi connectivity index (χ3n) is 2.82. The summed E-state index contributed by atoms with van der Waals surface area (Å²) in [6.07, 6.45) is 0. The molecule has 0 bridgehead atoms. The van der Waals surface area contributed by atoms with Crippen LogP contribution >= 0.6 is 15.9 Å². The van der Waals surface area contributed by atoms with E-state index < -0.39 is 10.0 Å². The Kier molecular flexibility index (Phi) is 4.12. The largest absolute Gasteiger partial charge is 0.268 e. The fourth-order valence-corrected chi connectivity index (χ4v) is 3.57. The molecule has 6 heteroatoms. The number of nitriles is 1. The van der Waals surface area contributed by atoms with Gasteiger partial charge >= 0.3 is 0 Å². The number of sulfonamides is 1. The summed E-state index contributed by atoms with van der Waals surface area (Å²) in [4.78, 5) is 0.169.